The summed E-state index contributed by atoms with van der Waals surface area (Å²) >= 11 is 0. The van der Waals surface area contributed by atoms with Crippen molar-refractivity contribution >= 4 is 23.9 Å². The number of aliphatic imine (C=N–C) groups is 1. The molecular formula is C25H19NO5. The molecule has 6 heteroatoms. The Morgan fingerprint density at radius 1 is 0.903 bits per heavy atom. The van der Waals surface area contributed by atoms with E-state index in [-0.39, 0.29) is 11.6 Å². The molecule has 154 valence electrons. The maximum absolute atomic E-state index is 12.3. The van der Waals surface area contributed by atoms with Crippen LogP contribution in [-0.4, -0.2) is 24.9 Å². The molecule has 31 heavy (non-hydrogen) atoms. The predicted molar refractivity (Wildman–Crippen MR) is 116 cm³/mol. The maximum atomic E-state index is 12.3. The molecule has 1 heterocycles. The third-order valence-corrected chi connectivity index (χ3v) is 4.64. The second-order valence-corrected chi connectivity index (χ2v) is 6.89. The topological polar surface area (TPSA) is 74.2 Å². The van der Waals surface area contributed by atoms with Gasteiger partial charge < -0.3 is 14.2 Å². The second kappa shape index (κ2) is 8.67. The van der Waals surface area contributed by atoms with Gasteiger partial charge in [0.25, 0.3) is 0 Å². The van der Waals surface area contributed by atoms with Crippen molar-refractivity contribution in [1.82, 2.24) is 0 Å². The summed E-state index contributed by atoms with van der Waals surface area (Å²) in [7, 11) is 1.56. The Hall–Kier alpha value is -4.19. The largest absolute Gasteiger partial charge is 0.497 e. The van der Waals surface area contributed by atoms with Crippen molar-refractivity contribution in [2.45, 2.75) is 6.92 Å². The average molecular weight is 413 g/mol. The minimum Gasteiger partial charge on any atom is -0.497 e. The third-order valence-electron chi connectivity index (χ3n) is 4.64. The van der Waals surface area contributed by atoms with Gasteiger partial charge in [-0.15, -0.1) is 0 Å². The van der Waals surface area contributed by atoms with Crippen molar-refractivity contribution in [3.05, 3.63) is 101 Å². The molecule has 0 radical (unpaired) electrons. The molecule has 1 aliphatic heterocycles. The third kappa shape index (κ3) is 4.70. The van der Waals surface area contributed by atoms with Crippen LogP contribution in [0.15, 0.2) is 83.5 Å². The quantitative estimate of drug-likeness (QED) is 0.348. The monoisotopic (exact) mass is 413 g/mol. The number of hydrogen-bond acceptors (Lipinski definition) is 6. The second-order valence-electron chi connectivity index (χ2n) is 6.89. The number of methoxy groups -OCH3 is 1. The first-order valence-electron chi connectivity index (χ1n) is 9.58. The van der Waals surface area contributed by atoms with Crippen molar-refractivity contribution in [3.8, 4) is 11.5 Å². The standard InChI is InChI=1S/C25H19NO5/c1-16-3-7-18(8-4-16)23-26-22(25(28)31-23)15-17-5-11-21(12-6-17)30-24(27)19-9-13-20(29-2)14-10-19/h3-15H,1-2H3/b22-15-. The van der Waals surface area contributed by atoms with Crippen LogP contribution in [0.2, 0.25) is 0 Å². The Balaban J connectivity index is 1.46. The molecule has 0 aromatic heterocycles. The van der Waals surface area contributed by atoms with E-state index in [2.05, 4.69) is 4.99 Å². The van der Waals surface area contributed by atoms with Crippen molar-refractivity contribution in [2.24, 2.45) is 4.99 Å². The van der Waals surface area contributed by atoms with Gasteiger partial charge in [0.2, 0.25) is 5.90 Å². The van der Waals surface area contributed by atoms with Gasteiger partial charge in [0.05, 0.1) is 12.7 Å². The summed E-state index contributed by atoms with van der Waals surface area (Å²) in [6.07, 6.45) is 1.62. The van der Waals surface area contributed by atoms with Crippen LogP contribution in [0, 0.1) is 6.92 Å². The van der Waals surface area contributed by atoms with E-state index < -0.39 is 11.9 Å². The zero-order valence-corrected chi connectivity index (χ0v) is 17.0. The van der Waals surface area contributed by atoms with Crippen LogP contribution < -0.4 is 9.47 Å². The van der Waals surface area contributed by atoms with E-state index >= 15 is 0 Å². The van der Waals surface area contributed by atoms with E-state index in [1.165, 1.54) is 0 Å². The van der Waals surface area contributed by atoms with Gasteiger partial charge in [0.15, 0.2) is 5.70 Å². The van der Waals surface area contributed by atoms with Crippen LogP contribution in [0.25, 0.3) is 6.08 Å². The first-order chi connectivity index (χ1) is 15.0. The summed E-state index contributed by atoms with van der Waals surface area (Å²) in [4.78, 5) is 28.7. The minimum atomic E-state index is -0.509. The molecule has 0 saturated heterocycles. The van der Waals surface area contributed by atoms with E-state index in [1.54, 1.807) is 61.7 Å². The first-order valence-corrected chi connectivity index (χ1v) is 9.58. The van der Waals surface area contributed by atoms with E-state index in [9.17, 15) is 9.59 Å². The zero-order chi connectivity index (χ0) is 21.8. The highest BCUT2D eigenvalue weighted by Crippen LogP contribution is 2.21. The molecule has 6 nitrogen and oxygen atoms in total. The number of carbonyl (C=O) groups excluding carboxylic acids is 2. The van der Waals surface area contributed by atoms with Gasteiger partial charge in [0, 0.05) is 5.56 Å². The highest BCUT2D eigenvalue weighted by atomic mass is 16.6. The summed E-state index contributed by atoms with van der Waals surface area (Å²) in [5.74, 6) is 0.348. The van der Waals surface area contributed by atoms with Gasteiger partial charge in [-0.1, -0.05) is 29.8 Å². The van der Waals surface area contributed by atoms with Gasteiger partial charge in [-0.25, -0.2) is 14.6 Å². The smallest absolute Gasteiger partial charge is 0.363 e. The highest BCUT2D eigenvalue weighted by Gasteiger charge is 2.24. The number of esters is 2. The lowest BCUT2D eigenvalue weighted by Gasteiger charge is -2.05. The number of ether oxygens (including phenoxy) is 3. The van der Waals surface area contributed by atoms with E-state index in [1.807, 2.05) is 31.2 Å². The number of benzene rings is 3. The van der Waals surface area contributed by atoms with Crippen LogP contribution in [0.4, 0.5) is 0 Å². The summed E-state index contributed by atoms with van der Waals surface area (Å²) < 4.78 is 15.7. The van der Waals surface area contributed by atoms with Crippen molar-refractivity contribution < 1.29 is 23.8 Å². The normalized spacial score (nSPS) is 14.2. The first kappa shape index (κ1) is 20.1. The van der Waals surface area contributed by atoms with Gasteiger partial charge in [-0.2, -0.15) is 0 Å². The summed E-state index contributed by atoms with van der Waals surface area (Å²) in [5, 5.41) is 0. The van der Waals surface area contributed by atoms with Crippen molar-refractivity contribution in [1.29, 1.82) is 0 Å². The lowest BCUT2D eigenvalue weighted by molar-refractivity contribution is -0.129. The molecule has 0 atom stereocenters. The highest BCUT2D eigenvalue weighted by molar-refractivity contribution is 6.12. The van der Waals surface area contributed by atoms with E-state index in [4.69, 9.17) is 14.2 Å². The van der Waals surface area contributed by atoms with Gasteiger partial charge >= 0.3 is 11.9 Å². The van der Waals surface area contributed by atoms with Crippen molar-refractivity contribution in [2.75, 3.05) is 7.11 Å². The maximum Gasteiger partial charge on any atom is 0.363 e. The Morgan fingerprint density at radius 2 is 1.55 bits per heavy atom. The molecule has 0 spiro atoms. The SMILES string of the molecule is COc1ccc(C(=O)Oc2ccc(/C=C3\N=C(c4ccc(C)cc4)OC3=O)cc2)cc1. The number of nitrogens with zero attached hydrogens (tertiary/aromatic N) is 1. The molecule has 0 fully saturated rings. The van der Waals surface area contributed by atoms with E-state index in [0.29, 0.717) is 17.1 Å². The van der Waals surface area contributed by atoms with Crippen LogP contribution >= 0.6 is 0 Å². The molecule has 0 saturated carbocycles. The fraction of sp³-hybridized carbons (Fsp3) is 0.0800. The van der Waals surface area contributed by atoms with Crippen LogP contribution in [0.5, 0.6) is 11.5 Å². The molecule has 3 aromatic rings. The Morgan fingerprint density at radius 3 is 2.19 bits per heavy atom. The molecule has 0 aliphatic carbocycles. The van der Waals surface area contributed by atoms with Gasteiger partial charge in [-0.05, 0) is 67.1 Å². The van der Waals surface area contributed by atoms with Crippen LogP contribution in [-0.2, 0) is 9.53 Å². The minimum absolute atomic E-state index is 0.207. The lowest BCUT2D eigenvalue weighted by Crippen LogP contribution is -2.08. The van der Waals surface area contributed by atoms with Gasteiger partial charge in [0.1, 0.15) is 11.5 Å². The average Bonchev–Trinajstić information content (AvgIpc) is 3.15. The lowest BCUT2D eigenvalue weighted by atomic mass is 10.1. The molecule has 0 unspecified atom stereocenters. The molecule has 0 bridgehead atoms. The summed E-state index contributed by atoms with van der Waals surface area (Å²) in [6, 6.07) is 21.0. The van der Waals surface area contributed by atoms with Gasteiger partial charge in [-0.3, -0.25) is 0 Å². The van der Waals surface area contributed by atoms with Crippen LogP contribution in [0.3, 0.4) is 0 Å². The molecule has 4 rings (SSSR count). The zero-order valence-electron chi connectivity index (χ0n) is 17.0. The van der Waals surface area contributed by atoms with E-state index in [0.717, 1.165) is 16.7 Å². The summed E-state index contributed by atoms with van der Waals surface area (Å²) in [5.41, 5.74) is 3.20. The number of hydrogen-bond donors (Lipinski definition) is 0. The Kier molecular flexibility index (Phi) is 5.62. The molecule has 0 amide bonds. The Bertz CT molecular complexity index is 1170. The molecule has 0 N–H and O–H groups in total. The number of carbonyl (C=O) groups is 2. The molecule has 1 aliphatic rings. The Labute approximate surface area is 179 Å². The number of rotatable bonds is 5. The van der Waals surface area contributed by atoms with Crippen molar-refractivity contribution in [3.63, 3.8) is 0 Å². The summed E-state index contributed by atoms with van der Waals surface area (Å²) in [6.45, 7) is 1.98. The fourth-order valence-electron chi connectivity index (χ4n) is 2.91. The number of cyclic esters (lactones) is 1. The van der Waals surface area contributed by atoms with Crippen LogP contribution in [0.1, 0.15) is 27.0 Å². The predicted octanol–water partition coefficient (Wildman–Crippen LogP) is 4.57. The molecule has 3 aromatic carbocycles. The molecular weight excluding hydrogens is 394 g/mol. The number of aryl methyl sites for hydroxylation is 1. The fourth-order valence-corrected chi connectivity index (χ4v) is 2.91.